The Labute approximate surface area is 371 Å². The molecule has 0 radical (unpaired) electrons. The molecule has 3 N–H and O–H groups in total. The van der Waals surface area contributed by atoms with E-state index in [9.17, 15) is 23.2 Å². The summed E-state index contributed by atoms with van der Waals surface area (Å²) in [5.41, 5.74) is 7.21. The molecular formula is C48H54BF3N8O4. The first-order valence-electron chi connectivity index (χ1n) is 22.0. The van der Waals surface area contributed by atoms with Crippen LogP contribution in [0.3, 0.4) is 0 Å². The highest BCUT2D eigenvalue weighted by atomic mass is 19.2. The Balaban J connectivity index is 0.730. The number of hydrogen-bond acceptors (Lipinski definition) is 7. The van der Waals surface area contributed by atoms with Gasteiger partial charge in [-0.05, 0) is 130 Å². The SMILES string of the molecule is COc1ccc(-c2ccc3n2B(F)N2C(=C3)C(C)=C(CCC(=O)NCCCCCC(=O)NCCCN3CCc4c(c5ccc(Nc6ccc(F)c(F)c6)nc5n4C)C3=O)C2(C)C)cc1. The number of benzene rings is 2. The zero-order valence-electron chi connectivity index (χ0n) is 37.0. The number of anilines is 2. The monoisotopic (exact) mass is 874 g/mol. The van der Waals surface area contributed by atoms with Crippen molar-refractivity contribution >= 4 is 53.6 Å². The Hall–Kier alpha value is -6.45. The molecule has 8 rings (SSSR count). The molecule has 16 heteroatoms. The summed E-state index contributed by atoms with van der Waals surface area (Å²) in [6.07, 6.45) is 6.73. The lowest BCUT2D eigenvalue weighted by Gasteiger charge is -2.40. The van der Waals surface area contributed by atoms with Crippen molar-refractivity contribution in [3.63, 3.8) is 0 Å². The minimum Gasteiger partial charge on any atom is -0.497 e. The van der Waals surface area contributed by atoms with Crippen LogP contribution in [-0.2, 0) is 23.1 Å². The number of fused-ring (bicyclic) bond motifs is 5. The molecule has 3 aromatic heterocycles. The number of nitrogens with one attached hydrogen (secondary N) is 3. The fraction of sp³-hybridized carbons (Fsp3) is 0.375. The number of aromatic nitrogens is 3. The molecule has 0 fully saturated rings. The molecule has 5 aromatic rings. The predicted molar refractivity (Wildman–Crippen MR) is 244 cm³/mol. The van der Waals surface area contributed by atoms with Gasteiger partial charge in [-0.1, -0.05) is 6.42 Å². The number of methoxy groups -OCH3 is 1. The first kappa shape index (κ1) is 44.2. The number of allylic oxidation sites excluding steroid dienone is 1. The molecule has 3 amide bonds. The number of unbranched alkanes of at least 4 members (excludes halogenated alkanes) is 2. The Morgan fingerprint density at radius 3 is 2.41 bits per heavy atom. The number of carbonyl (C=O) groups is 3. The van der Waals surface area contributed by atoms with Gasteiger partial charge < -0.3 is 39.4 Å². The maximum Gasteiger partial charge on any atom is 0.593 e. The van der Waals surface area contributed by atoms with Gasteiger partial charge in [0.1, 0.15) is 17.2 Å². The second-order valence-corrected chi connectivity index (χ2v) is 17.2. The summed E-state index contributed by atoms with van der Waals surface area (Å²) >= 11 is 0. The lowest BCUT2D eigenvalue weighted by atomic mass is 9.84. The Morgan fingerprint density at radius 1 is 0.906 bits per heavy atom. The smallest absolute Gasteiger partial charge is 0.497 e. The number of halogens is 3. The average molecular weight is 875 g/mol. The predicted octanol–water partition coefficient (Wildman–Crippen LogP) is 8.30. The van der Waals surface area contributed by atoms with Crippen LogP contribution in [0.4, 0.5) is 24.6 Å². The summed E-state index contributed by atoms with van der Waals surface area (Å²) in [4.78, 5) is 47.5. The van der Waals surface area contributed by atoms with Crippen molar-refractivity contribution < 1.29 is 32.2 Å². The minimum atomic E-state index is -1.42. The van der Waals surface area contributed by atoms with Gasteiger partial charge >= 0.3 is 7.26 Å². The van der Waals surface area contributed by atoms with E-state index in [1.165, 1.54) is 6.07 Å². The van der Waals surface area contributed by atoms with Crippen molar-refractivity contribution in [3.05, 3.63) is 112 Å². The number of hydrogen-bond donors (Lipinski definition) is 3. The second kappa shape index (κ2) is 18.3. The molecule has 0 saturated carbocycles. The van der Waals surface area contributed by atoms with E-state index in [4.69, 9.17) is 4.74 Å². The van der Waals surface area contributed by atoms with Crippen LogP contribution < -0.4 is 20.7 Å². The maximum absolute atomic E-state index is 16.6. The van der Waals surface area contributed by atoms with Gasteiger partial charge in [0.05, 0.1) is 12.7 Å². The fourth-order valence-electron chi connectivity index (χ4n) is 9.48. The summed E-state index contributed by atoms with van der Waals surface area (Å²) < 4.78 is 52.6. The minimum absolute atomic E-state index is 0.0429. The highest BCUT2D eigenvalue weighted by Crippen LogP contribution is 2.47. The zero-order chi connectivity index (χ0) is 45.3. The molecule has 3 aliphatic rings. The van der Waals surface area contributed by atoms with E-state index < -0.39 is 24.4 Å². The third kappa shape index (κ3) is 8.61. The summed E-state index contributed by atoms with van der Waals surface area (Å²) in [5.74, 6) is -0.886. The van der Waals surface area contributed by atoms with Gasteiger partial charge in [-0.25, -0.2) is 13.8 Å². The Kier molecular flexibility index (Phi) is 12.7. The highest BCUT2D eigenvalue weighted by Gasteiger charge is 2.50. The van der Waals surface area contributed by atoms with Crippen molar-refractivity contribution in [1.29, 1.82) is 0 Å². The molecule has 0 bridgehead atoms. The number of pyridine rings is 1. The van der Waals surface area contributed by atoms with E-state index in [2.05, 4.69) is 20.9 Å². The van der Waals surface area contributed by atoms with Gasteiger partial charge in [-0.15, -0.1) is 0 Å². The third-order valence-corrected chi connectivity index (χ3v) is 12.9. The number of amides is 3. The lowest BCUT2D eigenvalue weighted by Crippen LogP contribution is -2.53. The summed E-state index contributed by atoms with van der Waals surface area (Å²) in [6, 6.07) is 18.6. The standard InChI is InChI=1S/C48H54BF3N8O4/c1-30-36(48(2,3)60-41(30)29-33-14-20-39(59(33)49(60)52)31-11-15-34(64-5)16-12-31)18-22-44(62)53-24-8-6-7-10-43(61)54-25-9-26-58-27-23-40-45(47(58)63)35-17-21-42(56-46(35)57(40)4)55-32-13-19-37(50)38(51)28-32/h11-17,19-21,28-29H,6-10,18,22-27H2,1-5H3,(H,53,62)(H,54,61)(H,55,56). The number of carbonyl (C=O) groups excluding carboxylic acids is 3. The molecule has 0 aliphatic carbocycles. The Morgan fingerprint density at radius 2 is 1.66 bits per heavy atom. The van der Waals surface area contributed by atoms with Crippen LogP contribution in [0.25, 0.3) is 28.4 Å². The molecule has 3 aliphatic heterocycles. The number of aryl methyl sites for hydroxylation is 1. The van der Waals surface area contributed by atoms with E-state index in [0.29, 0.717) is 87.4 Å². The largest absolute Gasteiger partial charge is 0.593 e. The quantitative estimate of drug-likeness (QED) is 0.0635. The van der Waals surface area contributed by atoms with Gasteiger partial charge in [0, 0.05) is 97.9 Å². The molecular weight excluding hydrogens is 820 g/mol. The van der Waals surface area contributed by atoms with Crippen molar-refractivity contribution in [2.45, 2.75) is 77.7 Å². The molecule has 0 atom stereocenters. The number of nitrogens with zero attached hydrogens (tertiary/aromatic N) is 5. The molecule has 0 saturated heterocycles. The van der Waals surface area contributed by atoms with Crippen LogP contribution in [-0.4, -0.2) is 87.5 Å². The fourth-order valence-corrected chi connectivity index (χ4v) is 9.48. The van der Waals surface area contributed by atoms with Crippen LogP contribution in [0.1, 0.15) is 87.5 Å². The van der Waals surface area contributed by atoms with Crippen molar-refractivity contribution in [3.8, 4) is 17.0 Å². The normalized spacial score (nSPS) is 15.3. The first-order chi connectivity index (χ1) is 30.8. The van der Waals surface area contributed by atoms with Crippen LogP contribution in [0.5, 0.6) is 5.75 Å². The van der Waals surface area contributed by atoms with Crippen LogP contribution in [0, 0.1) is 11.6 Å². The molecule has 0 unspecified atom stereocenters. The number of ether oxygens (including phenoxy) is 1. The van der Waals surface area contributed by atoms with Gasteiger partial charge in [-0.3, -0.25) is 18.7 Å². The van der Waals surface area contributed by atoms with Gasteiger partial charge in [0.25, 0.3) is 5.91 Å². The van der Waals surface area contributed by atoms with E-state index >= 15 is 4.32 Å². The molecule has 64 heavy (non-hydrogen) atoms. The van der Waals surface area contributed by atoms with Crippen molar-refractivity contribution in [2.75, 3.05) is 38.6 Å². The highest BCUT2D eigenvalue weighted by molar-refractivity contribution is 6.49. The first-order valence-corrected chi connectivity index (χ1v) is 22.0. The van der Waals surface area contributed by atoms with E-state index in [1.54, 1.807) is 17.7 Å². The molecule has 0 spiro atoms. The molecule has 12 nitrogen and oxygen atoms in total. The molecule has 334 valence electrons. The van der Waals surface area contributed by atoms with Crippen molar-refractivity contribution in [1.82, 2.24) is 34.4 Å². The van der Waals surface area contributed by atoms with Crippen LogP contribution in [0.15, 0.2) is 83.6 Å². The second-order valence-electron chi connectivity index (χ2n) is 17.2. The van der Waals surface area contributed by atoms with E-state index in [1.807, 2.05) is 90.6 Å². The zero-order valence-corrected chi connectivity index (χ0v) is 37.0. The Bertz CT molecular complexity index is 2670. The van der Waals surface area contributed by atoms with Gasteiger partial charge in [0.15, 0.2) is 11.6 Å². The molecule has 2 aromatic carbocycles. The van der Waals surface area contributed by atoms with Gasteiger partial charge in [-0.2, -0.15) is 0 Å². The molecule has 6 heterocycles. The van der Waals surface area contributed by atoms with E-state index in [0.717, 1.165) is 75.6 Å². The van der Waals surface area contributed by atoms with Crippen LogP contribution >= 0.6 is 0 Å². The number of rotatable bonds is 17. The summed E-state index contributed by atoms with van der Waals surface area (Å²) in [6.45, 7) is 8.07. The lowest BCUT2D eigenvalue weighted by molar-refractivity contribution is -0.122. The maximum atomic E-state index is 16.6. The summed E-state index contributed by atoms with van der Waals surface area (Å²) in [5, 5.41) is 9.72. The third-order valence-electron chi connectivity index (χ3n) is 12.9. The van der Waals surface area contributed by atoms with Crippen LogP contribution in [0.2, 0.25) is 0 Å². The average Bonchev–Trinajstić information content (AvgIpc) is 3.89. The topological polar surface area (TPSA) is 126 Å². The summed E-state index contributed by atoms with van der Waals surface area (Å²) in [7, 11) is 2.07. The van der Waals surface area contributed by atoms with Gasteiger partial charge in [0.2, 0.25) is 11.8 Å². The van der Waals surface area contributed by atoms with Crippen molar-refractivity contribution in [2.24, 2.45) is 7.05 Å². The van der Waals surface area contributed by atoms with E-state index in [-0.39, 0.29) is 17.7 Å².